The maximum atomic E-state index is 13.3. The second kappa shape index (κ2) is 14.2. The molecule has 3 rings (SSSR count). The van der Waals surface area contributed by atoms with Crippen LogP contribution in [0.1, 0.15) is 72.0 Å². The van der Waals surface area contributed by atoms with Gasteiger partial charge in [-0.25, -0.2) is 4.79 Å². The highest BCUT2D eigenvalue weighted by atomic mass is 35.5. The van der Waals surface area contributed by atoms with Crippen LogP contribution in [-0.4, -0.2) is 54.8 Å². The second-order valence-corrected chi connectivity index (χ2v) is 9.82. The van der Waals surface area contributed by atoms with Crippen LogP contribution in [0.2, 0.25) is 5.02 Å². The van der Waals surface area contributed by atoms with E-state index in [-0.39, 0.29) is 25.0 Å². The number of amides is 1. The Labute approximate surface area is 219 Å². The second-order valence-electron chi connectivity index (χ2n) is 9.44. The van der Waals surface area contributed by atoms with Crippen molar-refractivity contribution in [2.24, 2.45) is 10.9 Å². The van der Waals surface area contributed by atoms with Crippen LogP contribution < -0.4 is 5.73 Å². The number of likely N-dealkylation sites (tertiary alicyclic amines) is 1. The van der Waals surface area contributed by atoms with Crippen LogP contribution in [0.3, 0.4) is 0 Å². The number of nitrogens with two attached hydrogens (primary N) is 1. The van der Waals surface area contributed by atoms with Gasteiger partial charge in [-0.2, -0.15) is 0 Å². The molecule has 1 aromatic rings. The number of ether oxygens (including phenoxy) is 1. The van der Waals surface area contributed by atoms with Crippen LogP contribution >= 0.6 is 11.6 Å². The molecule has 0 radical (unpaired) electrons. The average molecular weight is 516 g/mol. The largest absolute Gasteiger partial charge is 0.458 e. The SMILES string of the molecule is Cc1cc(C)c2c(c1Cl)CC(=NOCC(=O)N1CCCCC1)/C=C/CC/C=C/CC(CCN)OC2=O. The van der Waals surface area contributed by atoms with Gasteiger partial charge in [0, 0.05) is 31.0 Å². The summed E-state index contributed by atoms with van der Waals surface area (Å²) in [5, 5.41) is 4.79. The van der Waals surface area contributed by atoms with E-state index in [0.29, 0.717) is 41.2 Å². The monoisotopic (exact) mass is 515 g/mol. The number of carbonyl (C=O) groups excluding carboxylic acids is 2. The Bertz CT molecular complexity index is 1010. The predicted molar refractivity (Wildman–Crippen MR) is 143 cm³/mol. The van der Waals surface area contributed by atoms with E-state index >= 15 is 0 Å². The number of rotatable bonds is 5. The first kappa shape index (κ1) is 27.9. The summed E-state index contributed by atoms with van der Waals surface area (Å²) in [6, 6.07) is 1.89. The van der Waals surface area contributed by atoms with Gasteiger partial charge in [0.2, 0.25) is 0 Å². The van der Waals surface area contributed by atoms with Crippen LogP contribution in [-0.2, 0) is 20.8 Å². The van der Waals surface area contributed by atoms with E-state index in [2.05, 4.69) is 11.2 Å². The Kier molecular flexibility index (Phi) is 11.0. The lowest BCUT2D eigenvalue weighted by atomic mass is 9.94. The van der Waals surface area contributed by atoms with E-state index in [1.54, 1.807) is 0 Å². The molecule has 8 heteroatoms. The summed E-state index contributed by atoms with van der Waals surface area (Å²) in [6.45, 7) is 5.64. The summed E-state index contributed by atoms with van der Waals surface area (Å²) < 4.78 is 5.88. The van der Waals surface area contributed by atoms with Crippen molar-refractivity contribution in [1.82, 2.24) is 4.90 Å². The molecule has 1 aromatic carbocycles. The van der Waals surface area contributed by atoms with Crippen molar-refractivity contribution in [3.05, 3.63) is 57.6 Å². The Balaban J connectivity index is 1.90. The van der Waals surface area contributed by atoms with E-state index in [4.69, 9.17) is 26.9 Å². The molecular weight excluding hydrogens is 478 g/mol. The number of piperidine rings is 1. The summed E-state index contributed by atoms with van der Waals surface area (Å²) in [6.07, 6.45) is 14.0. The molecule has 2 aliphatic rings. The average Bonchev–Trinajstić information content (AvgIpc) is 2.86. The number of oxime groups is 1. The Morgan fingerprint density at radius 1 is 1.17 bits per heavy atom. The molecule has 1 fully saturated rings. The number of hydrogen-bond acceptors (Lipinski definition) is 6. The topological polar surface area (TPSA) is 94.2 Å². The molecule has 2 N–H and O–H groups in total. The van der Waals surface area contributed by atoms with Crippen molar-refractivity contribution in [1.29, 1.82) is 0 Å². The van der Waals surface area contributed by atoms with E-state index < -0.39 is 5.97 Å². The molecule has 1 unspecified atom stereocenters. The van der Waals surface area contributed by atoms with Gasteiger partial charge < -0.3 is 20.2 Å². The summed E-state index contributed by atoms with van der Waals surface area (Å²) in [4.78, 5) is 33.2. The third-order valence-corrected chi connectivity index (χ3v) is 7.05. The zero-order valence-electron chi connectivity index (χ0n) is 21.4. The normalized spacial score (nSPS) is 22.3. The van der Waals surface area contributed by atoms with Crippen molar-refractivity contribution in [3.8, 4) is 0 Å². The van der Waals surface area contributed by atoms with Crippen LogP contribution in [0, 0.1) is 13.8 Å². The number of cyclic esters (lactones) is 1. The molecule has 2 heterocycles. The number of aryl methyl sites for hydroxylation is 2. The number of hydrogen-bond donors (Lipinski definition) is 1. The van der Waals surface area contributed by atoms with Gasteiger partial charge in [-0.15, -0.1) is 0 Å². The molecule has 0 aliphatic carbocycles. The maximum absolute atomic E-state index is 13.3. The quantitative estimate of drug-likeness (QED) is 0.336. The zero-order valence-corrected chi connectivity index (χ0v) is 22.2. The van der Waals surface area contributed by atoms with E-state index in [1.165, 1.54) is 0 Å². The Morgan fingerprint density at radius 3 is 2.67 bits per heavy atom. The van der Waals surface area contributed by atoms with Gasteiger partial charge in [0.05, 0.1) is 11.3 Å². The molecule has 0 saturated carbocycles. The first-order valence-corrected chi connectivity index (χ1v) is 13.3. The van der Waals surface area contributed by atoms with E-state index in [1.807, 2.05) is 43.0 Å². The highest BCUT2D eigenvalue weighted by Crippen LogP contribution is 2.30. The van der Waals surface area contributed by atoms with Crippen molar-refractivity contribution in [2.75, 3.05) is 26.2 Å². The molecule has 0 aromatic heterocycles. The van der Waals surface area contributed by atoms with Gasteiger partial charge in [0.25, 0.3) is 5.91 Å². The van der Waals surface area contributed by atoms with Crippen LogP contribution in [0.5, 0.6) is 0 Å². The van der Waals surface area contributed by atoms with Gasteiger partial charge in [0.15, 0.2) is 6.61 Å². The summed E-state index contributed by atoms with van der Waals surface area (Å²) in [7, 11) is 0. The van der Waals surface area contributed by atoms with Crippen molar-refractivity contribution >= 4 is 29.2 Å². The molecule has 0 spiro atoms. The predicted octanol–water partition coefficient (Wildman–Crippen LogP) is 5.05. The summed E-state index contributed by atoms with van der Waals surface area (Å²) >= 11 is 6.73. The van der Waals surface area contributed by atoms with Gasteiger partial charge in [-0.05, 0) is 81.7 Å². The first-order valence-electron chi connectivity index (χ1n) is 12.9. The number of halogens is 1. The minimum Gasteiger partial charge on any atom is -0.458 e. The number of esters is 1. The van der Waals surface area contributed by atoms with Crippen LogP contribution in [0.4, 0.5) is 0 Å². The summed E-state index contributed by atoms with van der Waals surface area (Å²) in [5.41, 5.74) is 9.10. The molecule has 1 saturated heterocycles. The molecule has 7 nitrogen and oxygen atoms in total. The Morgan fingerprint density at radius 2 is 1.92 bits per heavy atom. The number of carbonyl (C=O) groups is 2. The number of nitrogens with zero attached hydrogens (tertiary/aromatic N) is 2. The lowest BCUT2D eigenvalue weighted by Crippen LogP contribution is -2.37. The van der Waals surface area contributed by atoms with E-state index in [0.717, 1.165) is 56.3 Å². The van der Waals surface area contributed by atoms with Gasteiger partial charge in [-0.1, -0.05) is 41.1 Å². The number of fused-ring (bicyclic) bond motifs is 1. The summed E-state index contributed by atoms with van der Waals surface area (Å²) in [5.74, 6) is -0.480. The molecule has 1 atom stereocenters. The number of benzene rings is 1. The maximum Gasteiger partial charge on any atom is 0.339 e. The fourth-order valence-corrected chi connectivity index (χ4v) is 4.82. The fraction of sp³-hybridized carbons (Fsp3) is 0.536. The standard InChI is InChI=1S/C28H38ClN3O4/c1-20-17-21(2)27(29)24-18-22(31-35-19-25(33)32-15-9-6-10-16-32)11-7-4-3-5-8-12-23(13-14-30)36-28(34)26(20)24/h5,7-8,11,17,23H,3-4,6,9-10,12-16,18-19,30H2,1-2H3/b8-5+,11-7+,31-22?. The first-order chi connectivity index (χ1) is 17.4. The van der Waals surface area contributed by atoms with Crippen LogP contribution in [0.15, 0.2) is 35.5 Å². The lowest BCUT2D eigenvalue weighted by Gasteiger charge is -2.26. The highest BCUT2D eigenvalue weighted by Gasteiger charge is 2.24. The van der Waals surface area contributed by atoms with Crippen molar-refractivity contribution < 1.29 is 19.2 Å². The number of allylic oxidation sites excluding steroid dienone is 3. The highest BCUT2D eigenvalue weighted by molar-refractivity contribution is 6.33. The van der Waals surface area contributed by atoms with Crippen molar-refractivity contribution in [2.45, 2.75) is 71.3 Å². The zero-order chi connectivity index (χ0) is 25.9. The molecule has 1 amide bonds. The molecule has 36 heavy (non-hydrogen) atoms. The third-order valence-electron chi connectivity index (χ3n) is 6.52. The Hall–Kier alpha value is -2.64. The molecule has 2 aliphatic heterocycles. The molecule has 0 bridgehead atoms. The molecular formula is C28H38ClN3O4. The lowest BCUT2D eigenvalue weighted by molar-refractivity contribution is -0.137. The van der Waals surface area contributed by atoms with Crippen LogP contribution in [0.25, 0.3) is 0 Å². The van der Waals surface area contributed by atoms with Gasteiger partial charge in [-0.3, -0.25) is 4.79 Å². The minimum atomic E-state index is -0.419. The molecule has 196 valence electrons. The van der Waals surface area contributed by atoms with Gasteiger partial charge >= 0.3 is 5.97 Å². The van der Waals surface area contributed by atoms with Crippen molar-refractivity contribution in [3.63, 3.8) is 0 Å². The fourth-order valence-electron chi connectivity index (χ4n) is 4.60. The smallest absolute Gasteiger partial charge is 0.339 e. The third kappa shape index (κ3) is 7.93. The van der Waals surface area contributed by atoms with Gasteiger partial charge in [0.1, 0.15) is 6.10 Å². The minimum absolute atomic E-state index is 0.0614. The van der Waals surface area contributed by atoms with E-state index in [9.17, 15) is 9.59 Å².